The number of nitrogens with zero attached hydrogens (tertiary/aromatic N) is 1. The molecule has 0 aliphatic heterocycles. The SMILES string of the molecule is COc1c(N)nsc1NC1CC(OC)C1. The second-order valence-corrected chi connectivity index (χ2v) is 4.37. The van der Waals surface area contributed by atoms with Crippen molar-refractivity contribution in [3.05, 3.63) is 0 Å². The fraction of sp³-hybridized carbons (Fsp3) is 0.667. The van der Waals surface area contributed by atoms with E-state index in [1.54, 1.807) is 14.2 Å². The highest BCUT2D eigenvalue weighted by molar-refractivity contribution is 7.11. The van der Waals surface area contributed by atoms with E-state index in [1.165, 1.54) is 11.5 Å². The molecule has 1 aromatic heterocycles. The van der Waals surface area contributed by atoms with Gasteiger partial charge in [0.05, 0.1) is 13.2 Å². The maximum atomic E-state index is 5.65. The van der Waals surface area contributed by atoms with Crippen LogP contribution in [0, 0.1) is 0 Å². The lowest BCUT2D eigenvalue weighted by Gasteiger charge is -2.34. The smallest absolute Gasteiger partial charge is 0.197 e. The van der Waals surface area contributed by atoms with E-state index in [9.17, 15) is 0 Å². The number of methoxy groups -OCH3 is 2. The second kappa shape index (κ2) is 4.24. The van der Waals surface area contributed by atoms with Crippen LogP contribution in [-0.2, 0) is 4.74 Å². The van der Waals surface area contributed by atoms with Gasteiger partial charge in [-0.25, -0.2) is 0 Å². The molecule has 1 aliphatic carbocycles. The number of rotatable bonds is 4. The first-order valence-electron chi connectivity index (χ1n) is 4.83. The summed E-state index contributed by atoms with van der Waals surface area (Å²) in [4.78, 5) is 0. The van der Waals surface area contributed by atoms with Crippen LogP contribution in [-0.4, -0.2) is 30.7 Å². The van der Waals surface area contributed by atoms with E-state index in [0.29, 0.717) is 23.7 Å². The minimum atomic E-state index is 0.388. The summed E-state index contributed by atoms with van der Waals surface area (Å²) in [6, 6.07) is 0.448. The third-order valence-electron chi connectivity index (χ3n) is 2.64. The molecule has 0 unspecified atom stereocenters. The lowest BCUT2D eigenvalue weighted by atomic mass is 9.89. The Morgan fingerprint density at radius 1 is 1.47 bits per heavy atom. The van der Waals surface area contributed by atoms with Gasteiger partial charge in [-0.3, -0.25) is 0 Å². The lowest BCUT2D eigenvalue weighted by molar-refractivity contribution is 0.0329. The average molecular weight is 229 g/mol. The van der Waals surface area contributed by atoms with E-state index in [1.807, 2.05) is 0 Å². The third kappa shape index (κ3) is 2.00. The zero-order valence-corrected chi connectivity index (χ0v) is 9.63. The highest BCUT2D eigenvalue weighted by Gasteiger charge is 2.30. The number of hydrogen-bond donors (Lipinski definition) is 2. The monoisotopic (exact) mass is 229 g/mol. The van der Waals surface area contributed by atoms with Gasteiger partial charge < -0.3 is 20.5 Å². The fourth-order valence-electron chi connectivity index (χ4n) is 1.64. The summed E-state index contributed by atoms with van der Waals surface area (Å²) in [5.41, 5.74) is 5.65. The van der Waals surface area contributed by atoms with Gasteiger partial charge in [-0.2, -0.15) is 4.37 Å². The number of aromatic nitrogens is 1. The van der Waals surface area contributed by atoms with Crippen LogP contribution in [0.25, 0.3) is 0 Å². The van der Waals surface area contributed by atoms with E-state index < -0.39 is 0 Å². The van der Waals surface area contributed by atoms with Crippen LogP contribution in [0.15, 0.2) is 0 Å². The Bertz CT molecular complexity index is 336. The minimum absolute atomic E-state index is 0.388. The van der Waals surface area contributed by atoms with Crippen LogP contribution in [0.5, 0.6) is 5.75 Å². The molecule has 0 aromatic carbocycles. The first-order valence-corrected chi connectivity index (χ1v) is 5.60. The summed E-state index contributed by atoms with van der Waals surface area (Å²) >= 11 is 1.34. The summed E-state index contributed by atoms with van der Waals surface area (Å²) in [5.74, 6) is 1.11. The van der Waals surface area contributed by atoms with Crippen LogP contribution in [0.3, 0.4) is 0 Å². The molecular weight excluding hydrogens is 214 g/mol. The zero-order chi connectivity index (χ0) is 10.8. The molecule has 1 saturated carbocycles. The first-order chi connectivity index (χ1) is 7.24. The molecule has 2 rings (SSSR count). The van der Waals surface area contributed by atoms with Crippen molar-refractivity contribution >= 4 is 22.4 Å². The van der Waals surface area contributed by atoms with E-state index in [-0.39, 0.29) is 0 Å². The number of anilines is 2. The molecular formula is C9H15N3O2S. The van der Waals surface area contributed by atoms with Gasteiger partial charge in [-0.1, -0.05) is 0 Å². The van der Waals surface area contributed by atoms with Gasteiger partial charge in [0.15, 0.2) is 16.6 Å². The molecule has 0 spiro atoms. The molecule has 1 aromatic rings. The maximum Gasteiger partial charge on any atom is 0.197 e. The molecule has 0 saturated heterocycles. The highest BCUT2D eigenvalue weighted by atomic mass is 32.1. The van der Waals surface area contributed by atoms with Crippen molar-refractivity contribution in [3.8, 4) is 5.75 Å². The molecule has 6 heteroatoms. The molecule has 15 heavy (non-hydrogen) atoms. The van der Waals surface area contributed by atoms with Crippen molar-refractivity contribution in [2.75, 3.05) is 25.3 Å². The summed E-state index contributed by atoms with van der Waals surface area (Å²) in [5, 5.41) is 4.27. The molecule has 5 nitrogen and oxygen atoms in total. The summed E-state index contributed by atoms with van der Waals surface area (Å²) in [6.45, 7) is 0. The Kier molecular flexibility index (Phi) is 2.97. The van der Waals surface area contributed by atoms with Gasteiger partial charge in [0, 0.05) is 13.2 Å². The molecule has 84 valence electrons. The van der Waals surface area contributed by atoms with Gasteiger partial charge in [0.2, 0.25) is 0 Å². The Morgan fingerprint density at radius 2 is 2.20 bits per heavy atom. The predicted octanol–water partition coefficient (Wildman–Crippen LogP) is 1.32. The van der Waals surface area contributed by atoms with Gasteiger partial charge in [0.25, 0.3) is 0 Å². The zero-order valence-electron chi connectivity index (χ0n) is 8.82. The summed E-state index contributed by atoms with van der Waals surface area (Å²) in [7, 11) is 3.34. The van der Waals surface area contributed by atoms with Gasteiger partial charge >= 0.3 is 0 Å². The molecule has 0 amide bonds. The lowest BCUT2D eigenvalue weighted by Crippen LogP contribution is -2.40. The molecule has 1 fully saturated rings. The van der Waals surface area contributed by atoms with E-state index in [4.69, 9.17) is 15.2 Å². The Labute approximate surface area is 92.7 Å². The number of nitrogens with two attached hydrogens (primary N) is 1. The van der Waals surface area contributed by atoms with Crippen molar-refractivity contribution in [2.24, 2.45) is 0 Å². The Balaban J connectivity index is 1.94. The van der Waals surface area contributed by atoms with E-state index in [0.717, 1.165) is 17.8 Å². The molecule has 0 atom stereocenters. The van der Waals surface area contributed by atoms with E-state index in [2.05, 4.69) is 9.69 Å². The van der Waals surface area contributed by atoms with Crippen molar-refractivity contribution in [1.82, 2.24) is 4.37 Å². The molecule has 1 aliphatic rings. The average Bonchev–Trinajstić information content (AvgIpc) is 2.52. The normalized spacial score (nSPS) is 24.7. The summed E-state index contributed by atoms with van der Waals surface area (Å²) in [6.07, 6.45) is 2.44. The minimum Gasteiger partial charge on any atom is -0.490 e. The number of hydrogen-bond acceptors (Lipinski definition) is 6. The number of nitrogen functional groups attached to an aromatic ring is 1. The van der Waals surface area contributed by atoms with Crippen molar-refractivity contribution < 1.29 is 9.47 Å². The first kappa shape index (κ1) is 10.5. The summed E-state index contributed by atoms with van der Waals surface area (Å²) < 4.78 is 14.4. The van der Waals surface area contributed by atoms with Gasteiger partial charge in [-0.15, -0.1) is 0 Å². The topological polar surface area (TPSA) is 69.4 Å². The van der Waals surface area contributed by atoms with Crippen LogP contribution < -0.4 is 15.8 Å². The standard InChI is InChI=1S/C9H15N3O2S/c1-13-6-3-5(4-6)11-9-7(14-2)8(10)12-15-9/h5-6,11H,3-4H2,1-2H3,(H2,10,12). The highest BCUT2D eigenvalue weighted by Crippen LogP contribution is 2.37. The third-order valence-corrected chi connectivity index (χ3v) is 3.42. The van der Waals surface area contributed by atoms with Crippen LogP contribution >= 0.6 is 11.5 Å². The van der Waals surface area contributed by atoms with Crippen LogP contribution in [0.2, 0.25) is 0 Å². The fourth-order valence-corrected chi connectivity index (χ4v) is 2.41. The number of nitrogens with one attached hydrogen (secondary N) is 1. The maximum absolute atomic E-state index is 5.65. The molecule has 1 heterocycles. The van der Waals surface area contributed by atoms with Crippen molar-refractivity contribution in [2.45, 2.75) is 25.0 Å². The molecule has 0 bridgehead atoms. The van der Waals surface area contributed by atoms with Crippen molar-refractivity contribution in [3.63, 3.8) is 0 Å². The Morgan fingerprint density at radius 3 is 2.80 bits per heavy atom. The van der Waals surface area contributed by atoms with Gasteiger partial charge in [0.1, 0.15) is 0 Å². The van der Waals surface area contributed by atoms with Crippen LogP contribution in [0.1, 0.15) is 12.8 Å². The second-order valence-electron chi connectivity index (χ2n) is 3.60. The largest absolute Gasteiger partial charge is 0.490 e. The molecule has 0 radical (unpaired) electrons. The number of ether oxygens (including phenoxy) is 2. The van der Waals surface area contributed by atoms with Gasteiger partial charge in [-0.05, 0) is 24.4 Å². The molecule has 3 N–H and O–H groups in total. The van der Waals surface area contributed by atoms with E-state index >= 15 is 0 Å². The van der Waals surface area contributed by atoms with Crippen molar-refractivity contribution in [1.29, 1.82) is 0 Å². The predicted molar refractivity (Wildman–Crippen MR) is 60.5 cm³/mol. The quantitative estimate of drug-likeness (QED) is 0.815. The Hall–Kier alpha value is -1.01. The van der Waals surface area contributed by atoms with Crippen LogP contribution in [0.4, 0.5) is 10.8 Å².